The van der Waals surface area contributed by atoms with E-state index < -0.39 is 11.4 Å². The Morgan fingerprint density at radius 1 is 1.19 bits per heavy atom. The number of carboxylic acid groups (broad SMARTS) is 1. The van der Waals surface area contributed by atoms with E-state index in [1.165, 1.54) is 29.2 Å². The molecular weight excluding hydrogens is 362 g/mol. The van der Waals surface area contributed by atoms with E-state index in [-0.39, 0.29) is 11.7 Å². The number of fused-ring (bicyclic) bond motifs is 1. The molecule has 0 bridgehead atoms. The SMILES string of the molecule is CC(C)(Cc1nnc(Cl)n1Cc1ccc(C2CC2)c2ccccc12)C(=O)O. The number of rotatable bonds is 6. The van der Waals surface area contributed by atoms with Gasteiger partial charge in [0, 0.05) is 6.42 Å². The van der Waals surface area contributed by atoms with E-state index in [4.69, 9.17) is 11.6 Å². The molecule has 3 aromatic rings. The Morgan fingerprint density at radius 2 is 1.89 bits per heavy atom. The van der Waals surface area contributed by atoms with E-state index in [1.54, 1.807) is 13.8 Å². The third kappa shape index (κ3) is 3.44. The van der Waals surface area contributed by atoms with Gasteiger partial charge in [-0.3, -0.25) is 9.36 Å². The molecule has 27 heavy (non-hydrogen) atoms. The van der Waals surface area contributed by atoms with E-state index in [0.717, 1.165) is 5.56 Å². The van der Waals surface area contributed by atoms with Gasteiger partial charge in [-0.25, -0.2) is 0 Å². The minimum atomic E-state index is -0.938. The van der Waals surface area contributed by atoms with Crippen LogP contribution in [0.5, 0.6) is 0 Å². The summed E-state index contributed by atoms with van der Waals surface area (Å²) in [6, 6.07) is 12.8. The lowest BCUT2D eigenvalue weighted by molar-refractivity contribution is -0.146. The number of aromatic nitrogens is 3. The Bertz CT molecular complexity index is 1020. The number of carboxylic acids is 1. The molecule has 0 atom stereocenters. The van der Waals surface area contributed by atoms with Gasteiger partial charge < -0.3 is 5.11 Å². The van der Waals surface area contributed by atoms with Gasteiger partial charge in [0.1, 0.15) is 5.82 Å². The Labute approximate surface area is 163 Å². The highest BCUT2D eigenvalue weighted by molar-refractivity contribution is 6.28. The fourth-order valence-corrected chi connectivity index (χ4v) is 3.71. The van der Waals surface area contributed by atoms with Crippen molar-refractivity contribution in [2.24, 2.45) is 5.41 Å². The topological polar surface area (TPSA) is 68.0 Å². The number of hydrogen-bond acceptors (Lipinski definition) is 3. The molecular formula is C21H22ClN3O2. The summed E-state index contributed by atoms with van der Waals surface area (Å²) in [6.45, 7) is 3.88. The number of carbonyl (C=O) groups is 1. The van der Waals surface area contributed by atoms with Gasteiger partial charge in [0.2, 0.25) is 5.28 Å². The van der Waals surface area contributed by atoms with Crippen LogP contribution in [0.1, 0.15) is 49.6 Å². The minimum Gasteiger partial charge on any atom is -0.481 e. The van der Waals surface area contributed by atoms with Crippen LogP contribution in [0, 0.1) is 5.41 Å². The van der Waals surface area contributed by atoms with Crippen LogP contribution in [0.2, 0.25) is 5.28 Å². The maximum absolute atomic E-state index is 11.5. The first kappa shape index (κ1) is 18.0. The zero-order valence-electron chi connectivity index (χ0n) is 15.4. The van der Waals surface area contributed by atoms with Gasteiger partial charge in [-0.2, -0.15) is 0 Å². The molecule has 140 valence electrons. The summed E-state index contributed by atoms with van der Waals surface area (Å²) < 4.78 is 1.81. The zero-order valence-corrected chi connectivity index (χ0v) is 16.2. The summed E-state index contributed by atoms with van der Waals surface area (Å²) in [7, 11) is 0. The van der Waals surface area contributed by atoms with Crippen molar-refractivity contribution in [3.63, 3.8) is 0 Å². The second-order valence-corrected chi connectivity index (χ2v) is 8.31. The second kappa shape index (κ2) is 6.64. The van der Waals surface area contributed by atoms with Gasteiger partial charge in [0.05, 0.1) is 12.0 Å². The van der Waals surface area contributed by atoms with Gasteiger partial charge in [-0.05, 0) is 66.1 Å². The maximum Gasteiger partial charge on any atom is 0.309 e. The van der Waals surface area contributed by atoms with Gasteiger partial charge >= 0.3 is 5.97 Å². The Morgan fingerprint density at radius 3 is 2.56 bits per heavy atom. The third-order valence-electron chi connectivity index (χ3n) is 5.35. The largest absolute Gasteiger partial charge is 0.481 e. The highest BCUT2D eigenvalue weighted by Gasteiger charge is 2.30. The van der Waals surface area contributed by atoms with Crippen LogP contribution in [-0.4, -0.2) is 25.8 Å². The molecule has 1 aromatic heterocycles. The molecule has 1 fully saturated rings. The lowest BCUT2D eigenvalue weighted by Gasteiger charge is -2.19. The molecule has 0 aliphatic heterocycles. The summed E-state index contributed by atoms with van der Waals surface area (Å²) in [5, 5.41) is 20.3. The molecule has 0 saturated heterocycles. The molecule has 1 saturated carbocycles. The van der Waals surface area contributed by atoms with Crippen LogP contribution in [0.3, 0.4) is 0 Å². The highest BCUT2D eigenvalue weighted by Crippen LogP contribution is 2.43. The monoisotopic (exact) mass is 383 g/mol. The first-order valence-electron chi connectivity index (χ1n) is 9.18. The molecule has 2 aromatic carbocycles. The molecule has 0 radical (unpaired) electrons. The number of nitrogens with zero attached hydrogens (tertiary/aromatic N) is 3. The smallest absolute Gasteiger partial charge is 0.309 e. The molecule has 4 rings (SSSR count). The van der Waals surface area contributed by atoms with Crippen LogP contribution < -0.4 is 0 Å². The molecule has 1 heterocycles. The second-order valence-electron chi connectivity index (χ2n) is 7.97. The lowest BCUT2D eigenvalue weighted by atomic mass is 9.89. The van der Waals surface area contributed by atoms with E-state index in [0.29, 0.717) is 18.3 Å². The molecule has 1 aliphatic rings. The van der Waals surface area contributed by atoms with E-state index in [9.17, 15) is 9.90 Å². The molecule has 5 nitrogen and oxygen atoms in total. The van der Waals surface area contributed by atoms with Crippen molar-refractivity contribution in [2.75, 3.05) is 0 Å². The van der Waals surface area contributed by atoms with E-state index in [2.05, 4.69) is 40.5 Å². The maximum atomic E-state index is 11.5. The number of benzene rings is 2. The Hall–Kier alpha value is -2.40. The molecule has 1 N–H and O–H groups in total. The Kier molecular flexibility index (Phi) is 4.42. The van der Waals surface area contributed by atoms with Crippen molar-refractivity contribution in [1.29, 1.82) is 0 Å². The van der Waals surface area contributed by atoms with Crippen LogP contribution in [0.25, 0.3) is 10.8 Å². The van der Waals surface area contributed by atoms with Gasteiger partial charge in [-0.15, -0.1) is 10.2 Å². The fraction of sp³-hybridized carbons (Fsp3) is 0.381. The van der Waals surface area contributed by atoms with Crippen LogP contribution in [-0.2, 0) is 17.8 Å². The van der Waals surface area contributed by atoms with Gasteiger partial charge in [-0.1, -0.05) is 36.4 Å². The quantitative estimate of drug-likeness (QED) is 0.672. The number of aliphatic carboxylic acids is 1. The summed E-state index contributed by atoms with van der Waals surface area (Å²) in [5.41, 5.74) is 1.61. The highest BCUT2D eigenvalue weighted by atomic mass is 35.5. The minimum absolute atomic E-state index is 0.264. The normalized spacial score (nSPS) is 14.6. The van der Waals surface area contributed by atoms with Crippen molar-refractivity contribution >= 4 is 28.3 Å². The van der Waals surface area contributed by atoms with Crippen molar-refractivity contribution in [3.05, 3.63) is 58.6 Å². The van der Waals surface area contributed by atoms with Crippen LogP contribution >= 0.6 is 11.6 Å². The molecule has 0 amide bonds. The van der Waals surface area contributed by atoms with Gasteiger partial charge in [0.15, 0.2) is 0 Å². The average Bonchev–Trinajstić information content (AvgIpc) is 3.42. The summed E-state index contributed by atoms with van der Waals surface area (Å²) in [6.07, 6.45) is 2.78. The van der Waals surface area contributed by atoms with Gasteiger partial charge in [0.25, 0.3) is 0 Å². The van der Waals surface area contributed by atoms with Crippen LogP contribution in [0.15, 0.2) is 36.4 Å². The number of hydrogen-bond donors (Lipinski definition) is 1. The van der Waals surface area contributed by atoms with Crippen LogP contribution in [0.4, 0.5) is 0 Å². The lowest BCUT2D eigenvalue weighted by Crippen LogP contribution is -2.28. The molecule has 6 heteroatoms. The summed E-state index contributed by atoms with van der Waals surface area (Å²) in [5.74, 6) is 0.393. The predicted molar refractivity (Wildman–Crippen MR) is 105 cm³/mol. The molecule has 0 spiro atoms. The number of halogens is 1. The zero-order chi connectivity index (χ0) is 19.2. The third-order valence-corrected chi connectivity index (χ3v) is 5.63. The molecule has 0 unspecified atom stereocenters. The van der Waals surface area contributed by atoms with Crippen molar-refractivity contribution in [2.45, 2.75) is 45.6 Å². The molecule has 1 aliphatic carbocycles. The fourth-order valence-electron chi connectivity index (χ4n) is 3.51. The summed E-state index contributed by atoms with van der Waals surface area (Å²) in [4.78, 5) is 11.5. The first-order valence-corrected chi connectivity index (χ1v) is 9.56. The predicted octanol–water partition coefficient (Wildman–Crippen LogP) is 4.66. The van der Waals surface area contributed by atoms with Crippen molar-refractivity contribution < 1.29 is 9.90 Å². The van der Waals surface area contributed by atoms with Crippen molar-refractivity contribution in [3.8, 4) is 0 Å². The van der Waals surface area contributed by atoms with E-state index in [1.807, 2.05) is 10.6 Å². The standard InChI is InChI=1S/C21H22ClN3O2/c1-21(2,19(26)27)11-18-23-24-20(22)25(18)12-14-9-10-16(13-7-8-13)17-6-4-3-5-15(14)17/h3-6,9-10,13H,7-8,11-12H2,1-2H3,(H,26,27). The first-order chi connectivity index (χ1) is 12.9. The Balaban J connectivity index is 1.72. The summed E-state index contributed by atoms with van der Waals surface area (Å²) >= 11 is 6.29. The average molecular weight is 384 g/mol. The van der Waals surface area contributed by atoms with Crippen molar-refractivity contribution in [1.82, 2.24) is 14.8 Å². The van der Waals surface area contributed by atoms with E-state index >= 15 is 0 Å².